The maximum Gasteiger partial charge on any atom is 0.130 e. The molecule has 1 aliphatic heterocycles. The Hall–Kier alpha value is -2.03. The second-order valence-electron chi connectivity index (χ2n) is 4.48. The van der Waals surface area contributed by atoms with Crippen molar-refractivity contribution in [3.05, 3.63) is 48.3 Å². The van der Waals surface area contributed by atoms with Crippen LogP contribution >= 0.6 is 0 Å². The molecule has 1 aliphatic carbocycles. The standard InChI is InChI=1S/C14H11NO2/c1-2-13-11(12-8-14(12)17-13)7-10(1)16-9-3-5-15-6-4-9/h1-7,12,14H,8H2. The second-order valence-corrected chi connectivity index (χ2v) is 4.48. The largest absolute Gasteiger partial charge is 0.489 e. The van der Waals surface area contributed by atoms with Crippen LogP contribution in [0.1, 0.15) is 17.9 Å². The van der Waals surface area contributed by atoms with Crippen molar-refractivity contribution < 1.29 is 9.47 Å². The number of nitrogens with zero attached hydrogens (tertiary/aromatic N) is 1. The molecular formula is C14H11NO2. The molecule has 1 fully saturated rings. The van der Waals surface area contributed by atoms with E-state index in [0.29, 0.717) is 12.0 Å². The molecule has 2 heterocycles. The van der Waals surface area contributed by atoms with E-state index in [1.807, 2.05) is 24.3 Å². The Balaban J connectivity index is 1.65. The fraction of sp³-hybridized carbons (Fsp3) is 0.214. The van der Waals surface area contributed by atoms with Gasteiger partial charge in [0.15, 0.2) is 0 Å². The maximum atomic E-state index is 5.77. The molecule has 2 aromatic rings. The van der Waals surface area contributed by atoms with E-state index in [4.69, 9.17) is 9.47 Å². The van der Waals surface area contributed by atoms with Crippen LogP contribution in [0.3, 0.4) is 0 Å². The molecule has 0 saturated heterocycles. The first-order valence-electron chi connectivity index (χ1n) is 5.79. The zero-order chi connectivity index (χ0) is 11.2. The monoisotopic (exact) mass is 225 g/mol. The van der Waals surface area contributed by atoms with Gasteiger partial charge in [-0.05, 0) is 36.8 Å². The summed E-state index contributed by atoms with van der Waals surface area (Å²) in [5.41, 5.74) is 1.29. The molecule has 4 rings (SSSR count). The molecule has 2 atom stereocenters. The van der Waals surface area contributed by atoms with Gasteiger partial charge >= 0.3 is 0 Å². The van der Waals surface area contributed by atoms with E-state index in [1.165, 1.54) is 5.56 Å². The molecule has 3 nitrogen and oxygen atoms in total. The van der Waals surface area contributed by atoms with Crippen molar-refractivity contribution in [2.75, 3.05) is 0 Å². The van der Waals surface area contributed by atoms with Crippen LogP contribution in [0.4, 0.5) is 0 Å². The predicted molar refractivity (Wildman–Crippen MR) is 62.5 cm³/mol. The van der Waals surface area contributed by atoms with E-state index >= 15 is 0 Å². The molecule has 0 spiro atoms. The maximum absolute atomic E-state index is 5.77. The number of ether oxygens (including phenoxy) is 2. The number of fused-ring (bicyclic) bond motifs is 3. The van der Waals surface area contributed by atoms with E-state index in [2.05, 4.69) is 11.1 Å². The second kappa shape index (κ2) is 3.23. The first-order chi connectivity index (χ1) is 8.40. The average Bonchev–Trinajstić information content (AvgIpc) is 3.05. The van der Waals surface area contributed by atoms with Gasteiger partial charge in [-0.25, -0.2) is 0 Å². The van der Waals surface area contributed by atoms with Gasteiger partial charge in [0.1, 0.15) is 23.4 Å². The third-order valence-electron chi connectivity index (χ3n) is 3.28. The number of aromatic nitrogens is 1. The first kappa shape index (κ1) is 9.05. The van der Waals surface area contributed by atoms with Crippen molar-refractivity contribution >= 4 is 0 Å². The normalized spacial score (nSPS) is 23.5. The Labute approximate surface area is 99.0 Å². The fourth-order valence-electron chi connectivity index (χ4n) is 2.32. The van der Waals surface area contributed by atoms with E-state index in [0.717, 1.165) is 23.7 Å². The van der Waals surface area contributed by atoms with Crippen LogP contribution in [-0.4, -0.2) is 11.1 Å². The third kappa shape index (κ3) is 1.46. The minimum Gasteiger partial charge on any atom is -0.489 e. The quantitative estimate of drug-likeness (QED) is 0.786. The number of hydrogen-bond donors (Lipinski definition) is 0. The van der Waals surface area contributed by atoms with Crippen LogP contribution in [0.15, 0.2) is 42.7 Å². The lowest BCUT2D eigenvalue weighted by molar-refractivity contribution is 0.318. The van der Waals surface area contributed by atoms with E-state index in [-0.39, 0.29) is 0 Å². The Morgan fingerprint density at radius 1 is 1.12 bits per heavy atom. The number of rotatable bonds is 2. The van der Waals surface area contributed by atoms with E-state index in [1.54, 1.807) is 12.4 Å². The molecule has 0 amide bonds. The van der Waals surface area contributed by atoms with Crippen molar-refractivity contribution in [2.45, 2.75) is 18.4 Å². The van der Waals surface area contributed by atoms with Gasteiger partial charge in [0, 0.05) is 23.9 Å². The number of hydrogen-bond acceptors (Lipinski definition) is 3. The van der Waals surface area contributed by atoms with Gasteiger partial charge in [-0.2, -0.15) is 0 Å². The molecule has 2 unspecified atom stereocenters. The van der Waals surface area contributed by atoms with Crippen LogP contribution in [0.5, 0.6) is 17.2 Å². The summed E-state index contributed by atoms with van der Waals surface area (Å²) in [4.78, 5) is 3.96. The summed E-state index contributed by atoms with van der Waals surface area (Å²) in [5.74, 6) is 3.30. The fourth-order valence-corrected chi connectivity index (χ4v) is 2.32. The SMILES string of the molecule is c1cc(Oc2ccc3c(c2)C2CC2O3)ccn1. The zero-order valence-corrected chi connectivity index (χ0v) is 9.17. The Kier molecular flexibility index (Phi) is 1.72. The molecule has 0 radical (unpaired) electrons. The van der Waals surface area contributed by atoms with Crippen molar-refractivity contribution in [1.82, 2.24) is 4.98 Å². The summed E-state index contributed by atoms with van der Waals surface area (Å²) in [6.45, 7) is 0. The molecule has 17 heavy (non-hydrogen) atoms. The van der Waals surface area contributed by atoms with Gasteiger partial charge in [0.2, 0.25) is 0 Å². The summed E-state index contributed by atoms with van der Waals surface area (Å²) in [5, 5.41) is 0. The Morgan fingerprint density at radius 3 is 2.88 bits per heavy atom. The van der Waals surface area contributed by atoms with Crippen LogP contribution in [0, 0.1) is 0 Å². The van der Waals surface area contributed by atoms with Crippen LogP contribution in [-0.2, 0) is 0 Å². The van der Waals surface area contributed by atoms with E-state index < -0.39 is 0 Å². The van der Waals surface area contributed by atoms with Gasteiger partial charge < -0.3 is 9.47 Å². The predicted octanol–water partition coefficient (Wildman–Crippen LogP) is 3.12. The minimum absolute atomic E-state index is 0.432. The zero-order valence-electron chi connectivity index (χ0n) is 9.17. The topological polar surface area (TPSA) is 31.4 Å². The van der Waals surface area contributed by atoms with Gasteiger partial charge in [-0.3, -0.25) is 4.98 Å². The molecule has 84 valence electrons. The van der Waals surface area contributed by atoms with Crippen molar-refractivity contribution in [1.29, 1.82) is 0 Å². The molecular weight excluding hydrogens is 214 g/mol. The smallest absolute Gasteiger partial charge is 0.130 e. The number of pyridine rings is 1. The first-order valence-corrected chi connectivity index (χ1v) is 5.79. The van der Waals surface area contributed by atoms with E-state index in [9.17, 15) is 0 Å². The molecule has 1 saturated carbocycles. The highest BCUT2D eigenvalue weighted by molar-refractivity contribution is 5.50. The summed E-state index contributed by atoms with van der Waals surface area (Å²) in [7, 11) is 0. The Morgan fingerprint density at radius 2 is 2.00 bits per heavy atom. The lowest BCUT2D eigenvalue weighted by atomic mass is 10.1. The summed E-state index contributed by atoms with van der Waals surface area (Å²) in [6.07, 6.45) is 5.04. The highest BCUT2D eigenvalue weighted by Gasteiger charge is 2.48. The molecule has 1 aromatic heterocycles. The Bertz CT molecular complexity index is 568. The number of benzene rings is 1. The highest BCUT2D eigenvalue weighted by atomic mass is 16.5. The summed E-state index contributed by atoms with van der Waals surface area (Å²) < 4.78 is 11.5. The van der Waals surface area contributed by atoms with Crippen LogP contribution in [0.2, 0.25) is 0 Å². The van der Waals surface area contributed by atoms with Crippen LogP contribution in [0.25, 0.3) is 0 Å². The summed E-state index contributed by atoms with van der Waals surface area (Å²) in [6, 6.07) is 9.74. The van der Waals surface area contributed by atoms with Crippen molar-refractivity contribution in [2.24, 2.45) is 0 Å². The lowest BCUT2D eigenvalue weighted by Crippen LogP contribution is -1.91. The molecule has 3 heteroatoms. The summed E-state index contributed by atoms with van der Waals surface area (Å²) >= 11 is 0. The molecule has 0 N–H and O–H groups in total. The van der Waals surface area contributed by atoms with Crippen molar-refractivity contribution in [3.8, 4) is 17.2 Å². The highest BCUT2D eigenvalue weighted by Crippen LogP contribution is 2.54. The average molecular weight is 225 g/mol. The molecule has 0 bridgehead atoms. The van der Waals surface area contributed by atoms with Gasteiger partial charge in [-0.15, -0.1) is 0 Å². The van der Waals surface area contributed by atoms with Crippen molar-refractivity contribution in [3.63, 3.8) is 0 Å². The molecule has 1 aromatic carbocycles. The third-order valence-corrected chi connectivity index (χ3v) is 3.28. The van der Waals surface area contributed by atoms with Crippen LogP contribution < -0.4 is 9.47 Å². The molecule has 2 aliphatic rings. The van der Waals surface area contributed by atoms with Gasteiger partial charge in [0.05, 0.1) is 0 Å². The lowest BCUT2D eigenvalue weighted by Gasteiger charge is -2.08. The van der Waals surface area contributed by atoms with Gasteiger partial charge in [-0.1, -0.05) is 0 Å². The van der Waals surface area contributed by atoms with Gasteiger partial charge in [0.25, 0.3) is 0 Å². The minimum atomic E-state index is 0.432.